The number of carbonyl (C=O) groups excluding carboxylic acids is 1. The van der Waals surface area contributed by atoms with Crippen LogP contribution in [0.15, 0.2) is 29.4 Å². The van der Waals surface area contributed by atoms with Crippen molar-refractivity contribution in [1.29, 1.82) is 0 Å². The molecule has 0 spiro atoms. The van der Waals surface area contributed by atoms with E-state index in [1.165, 1.54) is 30.3 Å². The van der Waals surface area contributed by atoms with Crippen LogP contribution in [0.2, 0.25) is 0 Å². The molecule has 4 rings (SSSR count). The summed E-state index contributed by atoms with van der Waals surface area (Å²) in [5, 5.41) is 7.78. The third kappa shape index (κ3) is 3.75. The molecule has 1 amide bonds. The van der Waals surface area contributed by atoms with E-state index >= 15 is 0 Å². The monoisotopic (exact) mass is 378 g/mol. The van der Waals surface area contributed by atoms with Gasteiger partial charge in [-0.05, 0) is 55.9 Å². The van der Waals surface area contributed by atoms with Crippen molar-refractivity contribution in [3.05, 3.63) is 52.4 Å². The summed E-state index contributed by atoms with van der Waals surface area (Å²) in [5.74, 6) is 0.135. The first-order valence-electron chi connectivity index (χ1n) is 9.84. The Hall–Kier alpha value is -2.80. The van der Waals surface area contributed by atoms with Crippen molar-refractivity contribution in [3.63, 3.8) is 0 Å². The van der Waals surface area contributed by atoms with Gasteiger partial charge in [-0.25, -0.2) is 15.4 Å². The standard InChI is InChI=1S/C21H26N6O/c1-12(2)19-16(6-7-24-15-4-5-15)13(3)25-18(19)8-17-20(26-27-21(17)28)14-9-22-11-23-10-14/h8-12,15,24-25H,4-7H2,1-3H3,(H,27,28). The maximum atomic E-state index is 12.4. The molecule has 1 aliphatic carbocycles. The summed E-state index contributed by atoms with van der Waals surface area (Å²) in [6.45, 7) is 7.47. The molecular formula is C21H26N6O. The Morgan fingerprint density at radius 1 is 1.29 bits per heavy atom. The van der Waals surface area contributed by atoms with Crippen molar-refractivity contribution in [2.75, 3.05) is 6.54 Å². The van der Waals surface area contributed by atoms with Gasteiger partial charge < -0.3 is 10.3 Å². The summed E-state index contributed by atoms with van der Waals surface area (Å²) in [6, 6.07) is 0.706. The van der Waals surface area contributed by atoms with Gasteiger partial charge in [0.2, 0.25) is 0 Å². The first-order chi connectivity index (χ1) is 13.5. The minimum absolute atomic E-state index is 0.210. The molecule has 1 fully saturated rings. The van der Waals surface area contributed by atoms with E-state index in [2.05, 4.69) is 51.6 Å². The molecule has 146 valence electrons. The fourth-order valence-electron chi connectivity index (χ4n) is 3.75. The summed E-state index contributed by atoms with van der Waals surface area (Å²) in [6.07, 6.45) is 10.3. The SMILES string of the molecule is Cc1[nH]c(C=C2C(=O)NN=C2c2cncnc2)c(C(C)C)c1CCNC1CC1. The Kier molecular flexibility index (Phi) is 5.09. The number of H-pyrrole nitrogens is 1. The molecule has 0 aromatic carbocycles. The van der Waals surface area contributed by atoms with Gasteiger partial charge >= 0.3 is 0 Å². The number of hydrogen-bond acceptors (Lipinski definition) is 5. The second kappa shape index (κ2) is 7.67. The van der Waals surface area contributed by atoms with E-state index in [1.807, 2.05) is 6.08 Å². The third-order valence-corrected chi connectivity index (χ3v) is 5.24. The van der Waals surface area contributed by atoms with Crippen LogP contribution in [0, 0.1) is 6.92 Å². The number of aromatic nitrogens is 3. The van der Waals surface area contributed by atoms with E-state index < -0.39 is 0 Å². The van der Waals surface area contributed by atoms with Gasteiger partial charge in [0.15, 0.2) is 0 Å². The molecule has 1 saturated carbocycles. The van der Waals surface area contributed by atoms with Crippen LogP contribution in [-0.4, -0.2) is 39.2 Å². The Morgan fingerprint density at radius 2 is 2.04 bits per heavy atom. The van der Waals surface area contributed by atoms with Gasteiger partial charge in [0.1, 0.15) is 12.0 Å². The van der Waals surface area contributed by atoms with E-state index in [1.54, 1.807) is 12.4 Å². The maximum Gasteiger partial charge on any atom is 0.273 e. The Morgan fingerprint density at radius 3 is 2.71 bits per heavy atom. The fraction of sp³-hybridized carbons (Fsp3) is 0.429. The van der Waals surface area contributed by atoms with Gasteiger partial charge in [-0.3, -0.25) is 4.79 Å². The molecule has 3 heterocycles. The number of amides is 1. The highest BCUT2D eigenvalue weighted by atomic mass is 16.2. The van der Waals surface area contributed by atoms with E-state index in [9.17, 15) is 4.79 Å². The van der Waals surface area contributed by atoms with Crippen molar-refractivity contribution in [2.45, 2.75) is 52.0 Å². The molecule has 2 aliphatic rings. The lowest BCUT2D eigenvalue weighted by atomic mass is 9.94. The molecule has 0 bridgehead atoms. The summed E-state index contributed by atoms with van der Waals surface area (Å²) < 4.78 is 0. The van der Waals surface area contributed by atoms with Crippen LogP contribution in [0.1, 0.15) is 60.7 Å². The molecular weight excluding hydrogens is 352 g/mol. The van der Waals surface area contributed by atoms with Gasteiger partial charge in [-0.2, -0.15) is 5.10 Å². The number of nitrogens with one attached hydrogen (secondary N) is 3. The second-order valence-electron chi connectivity index (χ2n) is 7.78. The highest BCUT2D eigenvalue weighted by molar-refractivity contribution is 6.33. The van der Waals surface area contributed by atoms with Crippen LogP contribution in [0.4, 0.5) is 0 Å². The molecule has 0 atom stereocenters. The number of nitrogens with zero attached hydrogens (tertiary/aromatic N) is 3. The fourth-order valence-corrected chi connectivity index (χ4v) is 3.75. The largest absolute Gasteiger partial charge is 0.359 e. The smallest absolute Gasteiger partial charge is 0.273 e. The molecule has 0 unspecified atom stereocenters. The lowest BCUT2D eigenvalue weighted by Crippen LogP contribution is -2.19. The quantitative estimate of drug-likeness (QED) is 0.645. The summed E-state index contributed by atoms with van der Waals surface area (Å²) in [7, 11) is 0. The van der Waals surface area contributed by atoms with Crippen LogP contribution < -0.4 is 10.7 Å². The minimum Gasteiger partial charge on any atom is -0.359 e. The number of hydrazone groups is 1. The van der Waals surface area contributed by atoms with Gasteiger partial charge in [0.05, 0.1) is 5.57 Å². The molecule has 28 heavy (non-hydrogen) atoms. The summed E-state index contributed by atoms with van der Waals surface area (Å²) in [4.78, 5) is 24.0. The first-order valence-corrected chi connectivity index (χ1v) is 9.84. The van der Waals surface area contributed by atoms with Crippen LogP contribution in [0.3, 0.4) is 0 Å². The lowest BCUT2D eigenvalue weighted by molar-refractivity contribution is -0.116. The normalized spacial score (nSPS) is 18.1. The topological polar surface area (TPSA) is 95.1 Å². The highest BCUT2D eigenvalue weighted by Gasteiger charge is 2.26. The summed E-state index contributed by atoms with van der Waals surface area (Å²) in [5.41, 5.74) is 9.13. The number of rotatable bonds is 7. The molecule has 3 N–H and O–H groups in total. The molecule has 7 heteroatoms. The average molecular weight is 378 g/mol. The van der Waals surface area contributed by atoms with Gasteiger partial charge in [0.25, 0.3) is 5.91 Å². The van der Waals surface area contributed by atoms with Gasteiger partial charge in [-0.15, -0.1) is 0 Å². The molecule has 2 aromatic heterocycles. The highest BCUT2D eigenvalue weighted by Crippen LogP contribution is 2.30. The predicted octanol–water partition coefficient (Wildman–Crippen LogP) is 2.45. The van der Waals surface area contributed by atoms with Crippen LogP contribution in [0.25, 0.3) is 6.08 Å². The Balaban J connectivity index is 1.67. The Labute approximate surface area is 164 Å². The van der Waals surface area contributed by atoms with Crippen LogP contribution in [-0.2, 0) is 11.2 Å². The van der Waals surface area contributed by atoms with E-state index in [-0.39, 0.29) is 5.91 Å². The number of aromatic amines is 1. The zero-order valence-electron chi connectivity index (χ0n) is 16.5. The first kappa shape index (κ1) is 18.6. The number of aryl methyl sites for hydroxylation is 1. The van der Waals surface area contributed by atoms with Gasteiger partial charge in [0, 0.05) is 35.4 Å². The van der Waals surface area contributed by atoms with E-state index in [0.717, 1.165) is 29.9 Å². The van der Waals surface area contributed by atoms with E-state index in [0.29, 0.717) is 23.2 Å². The van der Waals surface area contributed by atoms with E-state index in [4.69, 9.17) is 0 Å². The lowest BCUT2D eigenvalue weighted by Gasteiger charge is -2.11. The van der Waals surface area contributed by atoms with Gasteiger partial charge in [-0.1, -0.05) is 13.8 Å². The van der Waals surface area contributed by atoms with Crippen LogP contribution >= 0.6 is 0 Å². The maximum absolute atomic E-state index is 12.4. The predicted molar refractivity (Wildman–Crippen MR) is 109 cm³/mol. The zero-order valence-corrected chi connectivity index (χ0v) is 16.5. The average Bonchev–Trinajstić information content (AvgIpc) is 3.36. The number of hydrogen-bond donors (Lipinski definition) is 3. The second-order valence-corrected chi connectivity index (χ2v) is 7.78. The zero-order chi connectivity index (χ0) is 19.7. The van der Waals surface area contributed by atoms with Crippen molar-refractivity contribution in [2.24, 2.45) is 5.10 Å². The minimum atomic E-state index is -0.210. The molecule has 0 radical (unpaired) electrons. The third-order valence-electron chi connectivity index (χ3n) is 5.24. The van der Waals surface area contributed by atoms with Crippen LogP contribution in [0.5, 0.6) is 0 Å². The Bertz CT molecular complexity index is 937. The molecule has 7 nitrogen and oxygen atoms in total. The van der Waals surface area contributed by atoms with Crippen molar-refractivity contribution in [3.8, 4) is 0 Å². The number of carbonyl (C=O) groups is 1. The summed E-state index contributed by atoms with van der Waals surface area (Å²) >= 11 is 0. The molecule has 1 aliphatic heterocycles. The molecule has 2 aromatic rings. The van der Waals surface area contributed by atoms with Crippen molar-refractivity contribution >= 4 is 17.7 Å². The molecule has 0 saturated heterocycles. The van der Waals surface area contributed by atoms with Crippen molar-refractivity contribution < 1.29 is 4.79 Å². The van der Waals surface area contributed by atoms with Crippen molar-refractivity contribution in [1.82, 2.24) is 25.7 Å².